The average Bonchev–Trinajstić information content (AvgIpc) is 2.14. The lowest BCUT2D eigenvalue weighted by Gasteiger charge is -2.06. The van der Waals surface area contributed by atoms with Gasteiger partial charge >= 0.3 is 0 Å². The van der Waals surface area contributed by atoms with Gasteiger partial charge < -0.3 is 4.57 Å². The maximum atomic E-state index is 11.7. The number of pyridine rings is 1. The normalized spacial score (nSPS) is 10.8. The number of hydrogen-bond donors (Lipinski definition) is 0. The summed E-state index contributed by atoms with van der Waals surface area (Å²) < 4.78 is 1.91. The number of nitrogens with zero attached hydrogens (tertiary/aromatic N) is 1. The summed E-state index contributed by atoms with van der Waals surface area (Å²) in [5.74, 6) is 0. The van der Waals surface area contributed by atoms with E-state index >= 15 is 0 Å². The average molecular weight is 208 g/mol. The Hall–Kier alpha value is -1.28. The molecule has 0 aliphatic carbocycles. The van der Waals surface area contributed by atoms with E-state index in [2.05, 4.69) is 0 Å². The maximum absolute atomic E-state index is 11.7. The van der Waals surface area contributed by atoms with Crippen LogP contribution in [0, 0.1) is 6.92 Å². The molecule has 0 bridgehead atoms. The second kappa shape index (κ2) is 3.14. The second-order valence-electron chi connectivity index (χ2n) is 3.41. The zero-order valence-corrected chi connectivity index (χ0v) is 8.80. The molecule has 72 valence electrons. The lowest BCUT2D eigenvalue weighted by atomic mass is 10.1. The molecule has 0 aliphatic rings. The first-order chi connectivity index (χ1) is 6.59. The summed E-state index contributed by atoms with van der Waals surface area (Å²) in [5.41, 5.74) is 1.70. The number of benzene rings is 1. The predicted octanol–water partition coefficient (Wildman–Crippen LogP) is 2.50. The van der Waals surface area contributed by atoms with Gasteiger partial charge in [0.1, 0.15) is 0 Å². The molecular weight excluding hydrogens is 198 g/mol. The predicted molar refractivity (Wildman–Crippen MR) is 58.9 cm³/mol. The summed E-state index contributed by atoms with van der Waals surface area (Å²) in [5, 5.41) is 1.37. The van der Waals surface area contributed by atoms with E-state index in [1.807, 2.05) is 24.7 Å². The minimum atomic E-state index is 0.0785. The Kier molecular flexibility index (Phi) is 2.08. The zero-order chi connectivity index (χ0) is 10.3. The van der Waals surface area contributed by atoms with Gasteiger partial charge in [-0.3, -0.25) is 4.79 Å². The Balaban J connectivity index is 3.02. The number of fused-ring (bicyclic) bond motifs is 1. The van der Waals surface area contributed by atoms with Crippen molar-refractivity contribution in [2.24, 2.45) is 7.05 Å². The lowest BCUT2D eigenvalue weighted by Crippen LogP contribution is -2.09. The second-order valence-corrected chi connectivity index (χ2v) is 3.85. The third kappa shape index (κ3) is 1.32. The van der Waals surface area contributed by atoms with E-state index in [9.17, 15) is 4.79 Å². The van der Waals surface area contributed by atoms with Crippen LogP contribution in [-0.2, 0) is 7.05 Å². The molecule has 0 aliphatic heterocycles. The number of halogens is 1. The molecule has 3 heteroatoms. The Morgan fingerprint density at radius 2 is 2.07 bits per heavy atom. The van der Waals surface area contributed by atoms with Crippen LogP contribution in [-0.4, -0.2) is 4.57 Å². The van der Waals surface area contributed by atoms with Crippen molar-refractivity contribution in [2.75, 3.05) is 0 Å². The van der Waals surface area contributed by atoms with Gasteiger partial charge in [0.2, 0.25) is 0 Å². The first-order valence-electron chi connectivity index (χ1n) is 4.35. The van der Waals surface area contributed by atoms with E-state index in [-0.39, 0.29) is 5.43 Å². The van der Waals surface area contributed by atoms with Gasteiger partial charge in [0, 0.05) is 29.2 Å². The summed E-state index contributed by atoms with van der Waals surface area (Å²) in [4.78, 5) is 11.7. The largest absolute Gasteiger partial charge is 0.350 e. The Morgan fingerprint density at radius 1 is 1.36 bits per heavy atom. The van der Waals surface area contributed by atoms with Crippen LogP contribution >= 0.6 is 11.6 Å². The third-order valence-electron chi connectivity index (χ3n) is 2.33. The van der Waals surface area contributed by atoms with Crippen molar-refractivity contribution in [2.45, 2.75) is 6.92 Å². The molecule has 1 aromatic carbocycles. The summed E-state index contributed by atoms with van der Waals surface area (Å²) in [6.45, 7) is 1.82. The minimum absolute atomic E-state index is 0.0785. The van der Waals surface area contributed by atoms with E-state index < -0.39 is 0 Å². The third-order valence-corrected chi connectivity index (χ3v) is 2.56. The molecule has 0 radical (unpaired) electrons. The molecule has 2 aromatic rings. The number of rotatable bonds is 0. The molecular formula is C11H10ClNO. The van der Waals surface area contributed by atoms with Gasteiger partial charge in [0.25, 0.3) is 0 Å². The van der Waals surface area contributed by atoms with Crippen LogP contribution in [0.5, 0.6) is 0 Å². The molecule has 0 saturated carbocycles. The highest BCUT2D eigenvalue weighted by atomic mass is 35.5. The highest BCUT2D eigenvalue weighted by Crippen LogP contribution is 2.16. The van der Waals surface area contributed by atoms with Gasteiger partial charge in [-0.2, -0.15) is 0 Å². The summed E-state index contributed by atoms with van der Waals surface area (Å²) in [6.07, 6.45) is 1.82. The topological polar surface area (TPSA) is 22.0 Å². The zero-order valence-electron chi connectivity index (χ0n) is 8.04. The van der Waals surface area contributed by atoms with Crippen molar-refractivity contribution in [1.82, 2.24) is 4.57 Å². The first-order valence-corrected chi connectivity index (χ1v) is 4.73. The van der Waals surface area contributed by atoms with Crippen LogP contribution in [0.4, 0.5) is 0 Å². The lowest BCUT2D eigenvalue weighted by molar-refractivity contribution is 0.939. The fourth-order valence-electron chi connectivity index (χ4n) is 1.62. The molecule has 0 saturated heterocycles. The first kappa shape index (κ1) is 9.28. The van der Waals surface area contributed by atoms with E-state index in [0.717, 1.165) is 16.5 Å². The number of aryl methyl sites for hydroxylation is 2. The smallest absolute Gasteiger partial charge is 0.192 e. The van der Waals surface area contributed by atoms with E-state index in [0.29, 0.717) is 5.02 Å². The highest BCUT2D eigenvalue weighted by Gasteiger charge is 2.03. The van der Waals surface area contributed by atoms with E-state index in [1.165, 1.54) is 0 Å². The van der Waals surface area contributed by atoms with Gasteiger partial charge in [-0.1, -0.05) is 11.6 Å². The SMILES string of the molecule is Cc1cn(C)c2cc(Cl)ccc2c1=O. The molecule has 0 N–H and O–H groups in total. The summed E-state index contributed by atoms with van der Waals surface area (Å²) in [6, 6.07) is 5.31. The standard InChI is InChI=1S/C11H10ClNO/c1-7-6-13(2)10-5-8(12)3-4-9(10)11(7)14/h3-6H,1-2H3. The van der Waals surface area contributed by atoms with E-state index in [4.69, 9.17) is 11.6 Å². The molecule has 0 spiro atoms. The van der Waals surface area contributed by atoms with Crippen molar-refractivity contribution >= 4 is 22.5 Å². The molecule has 1 heterocycles. The molecule has 0 fully saturated rings. The van der Waals surface area contributed by atoms with Crippen LogP contribution < -0.4 is 5.43 Å². The van der Waals surface area contributed by atoms with Gasteiger partial charge in [-0.15, -0.1) is 0 Å². The van der Waals surface area contributed by atoms with Gasteiger partial charge in [0.05, 0.1) is 5.52 Å². The Morgan fingerprint density at radius 3 is 2.79 bits per heavy atom. The van der Waals surface area contributed by atoms with Crippen molar-refractivity contribution in [3.63, 3.8) is 0 Å². The summed E-state index contributed by atoms with van der Waals surface area (Å²) >= 11 is 5.87. The Labute approximate surface area is 86.7 Å². The molecule has 1 aromatic heterocycles. The molecule has 2 nitrogen and oxygen atoms in total. The Bertz CT molecular complexity index is 557. The molecule has 0 atom stereocenters. The minimum Gasteiger partial charge on any atom is -0.350 e. The molecule has 2 rings (SSSR count). The van der Waals surface area contributed by atoms with Crippen LogP contribution in [0.2, 0.25) is 5.02 Å². The molecule has 0 unspecified atom stereocenters. The number of aromatic nitrogens is 1. The van der Waals surface area contributed by atoms with Crippen LogP contribution in [0.15, 0.2) is 29.2 Å². The van der Waals surface area contributed by atoms with Crippen LogP contribution in [0.1, 0.15) is 5.56 Å². The monoisotopic (exact) mass is 207 g/mol. The fraction of sp³-hybridized carbons (Fsp3) is 0.182. The summed E-state index contributed by atoms with van der Waals surface area (Å²) in [7, 11) is 1.91. The maximum Gasteiger partial charge on any atom is 0.192 e. The van der Waals surface area contributed by atoms with E-state index in [1.54, 1.807) is 18.2 Å². The highest BCUT2D eigenvalue weighted by molar-refractivity contribution is 6.31. The number of hydrogen-bond acceptors (Lipinski definition) is 1. The van der Waals surface area contributed by atoms with Crippen LogP contribution in [0.3, 0.4) is 0 Å². The van der Waals surface area contributed by atoms with Crippen molar-refractivity contribution in [3.05, 3.63) is 45.2 Å². The quantitative estimate of drug-likeness (QED) is 0.651. The molecule has 14 heavy (non-hydrogen) atoms. The van der Waals surface area contributed by atoms with Crippen LogP contribution in [0.25, 0.3) is 10.9 Å². The van der Waals surface area contributed by atoms with Crippen molar-refractivity contribution in [3.8, 4) is 0 Å². The van der Waals surface area contributed by atoms with Gasteiger partial charge in [0.15, 0.2) is 5.43 Å². The molecule has 0 amide bonds. The van der Waals surface area contributed by atoms with Crippen molar-refractivity contribution < 1.29 is 0 Å². The van der Waals surface area contributed by atoms with Crippen molar-refractivity contribution in [1.29, 1.82) is 0 Å². The fourth-order valence-corrected chi connectivity index (χ4v) is 1.79. The van der Waals surface area contributed by atoms with Gasteiger partial charge in [-0.25, -0.2) is 0 Å². The van der Waals surface area contributed by atoms with Gasteiger partial charge in [-0.05, 0) is 25.1 Å².